The zero-order valence-electron chi connectivity index (χ0n) is 11.8. The van der Waals surface area contributed by atoms with Crippen LogP contribution < -0.4 is 0 Å². The molecular weight excluding hydrogens is 256 g/mol. The zero-order chi connectivity index (χ0) is 13.4. The summed E-state index contributed by atoms with van der Waals surface area (Å²) in [5.41, 5.74) is 3.34. The average molecular weight is 278 g/mol. The van der Waals surface area contributed by atoms with Gasteiger partial charge in [-0.25, -0.2) is 4.68 Å². The number of aromatic amines is 1. The van der Waals surface area contributed by atoms with Gasteiger partial charge >= 0.3 is 0 Å². The molecule has 3 rings (SSSR count). The zero-order valence-corrected chi connectivity index (χ0v) is 12.6. The van der Waals surface area contributed by atoms with Gasteiger partial charge in [0, 0.05) is 13.1 Å². The van der Waals surface area contributed by atoms with E-state index in [-0.39, 0.29) is 0 Å². The molecule has 2 heterocycles. The lowest BCUT2D eigenvalue weighted by Crippen LogP contribution is -2.15. The Hall–Kier alpha value is -1.10. The van der Waals surface area contributed by atoms with Gasteiger partial charge in [0.2, 0.25) is 0 Å². The van der Waals surface area contributed by atoms with Crippen LogP contribution in [0.4, 0.5) is 0 Å². The number of nitrogens with zero attached hydrogens (tertiary/aromatic N) is 3. The summed E-state index contributed by atoms with van der Waals surface area (Å²) >= 11 is 5.51. The Morgan fingerprint density at radius 2 is 2.05 bits per heavy atom. The molecule has 2 aromatic heterocycles. The number of aromatic nitrogens is 4. The Kier molecular flexibility index (Phi) is 3.48. The largest absolute Gasteiger partial charge is 0.328 e. The normalized spacial score (nSPS) is 17.4. The van der Waals surface area contributed by atoms with Crippen molar-refractivity contribution in [3.63, 3.8) is 0 Å². The lowest BCUT2D eigenvalue weighted by molar-refractivity contribution is 0.319. The molecule has 1 fully saturated rings. The lowest BCUT2D eigenvalue weighted by Gasteiger charge is -2.22. The van der Waals surface area contributed by atoms with E-state index in [2.05, 4.69) is 26.3 Å². The molecule has 2 aromatic rings. The van der Waals surface area contributed by atoms with Crippen LogP contribution in [0.2, 0.25) is 0 Å². The maximum atomic E-state index is 5.51. The second-order valence-corrected chi connectivity index (χ2v) is 6.03. The van der Waals surface area contributed by atoms with E-state index in [0.29, 0.717) is 0 Å². The third kappa shape index (κ3) is 2.24. The molecule has 5 heteroatoms. The van der Waals surface area contributed by atoms with Crippen molar-refractivity contribution in [3.05, 3.63) is 10.5 Å². The monoisotopic (exact) mass is 278 g/mol. The summed E-state index contributed by atoms with van der Waals surface area (Å²) in [5.74, 6) is 0.778. The molecule has 1 saturated carbocycles. The van der Waals surface area contributed by atoms with Crippen LogP contribution in [0.15, 0.2) is 0 Å². The molecule has 0 unspecified atom stereocenters. The minimum absolute atomic E-state index is 0.778. The molecule has 0 amide bonds. The van der Waals surface area contributed by atoms with Crippen LogP contribution in [0.3, 0.4) is 0 Å². The number of H-pyrrole nitrogens is 1. The Bertz CT molecular complexity index is 628. The van der Waals surface area contributed by atoms with Crippen LogP contribution in [-0.2, 0) is 13.1 Å². The Morgan fingerprint density at radius 3 is 2.74 bits per heavy atom. The van der Waals surface area contributed by atoms with Crippen LogP contribution in [0.25, 0.3) is 11.2 Å². The highest BCUT2D eigenvalue weighted by Gasteiger charge is 2.19. The van der Waals surface area contributed by atoms with Gasteiger partial charge in [-0.1, -0.05) is 19.3 Å². The molecule has 1 N–H and O–H groups in total. The first-order valence-electron chi connectivity index (χ1n) is 7.36. The summed E-state index contributed by atoms with van der Waals surface area (Å²) in [6.45, 7) is 6.11. The molecule has 0 radical (unpaired) electrons. The number of fused-ring (bicyclic) bond motifs is 1. The van der Waals surface area contributed by atoms with Gasteiger partial charge in [-0.05, 0) is 44.8 Å². The van der Waals surface area contributed by atoms with Gasteiger partial charge in [0.25, 0.3) is 0 Å². The fourth-order valence-corrected chi connectivity index (χ4v) is 3.54. The predicted octanol–water partition coefficient (Wildman–Crippen LogP) is 3.80. The lowest BCUT2D eigenvalue weighted by atomic mass is 9.89. The van der Waals surface area contributed by atoms with Gasteiger partial charge in [0.15, 0.2) is 10.4 Å². The summed E-state index contributed by atoms with van der Waals surface area (Å²) in [7, 11) is 0. The number of nitrogens with one attached hydrogen (secondary N) is 1. The Balaban J connectivity index is 2.01. The average Bonchev–Trinajstić information content (AvgIpc) is 2.90. The number of aryl methyl sites for hydroxylation is 2. The summed E-state index contributed by atoms with van der Waals surface area (Å²) in [5, 5.41) is 4.58. The molecule has 104 valence electrons. The molecule has 0 saturated heterocycles. The van der Waals surface area contributed by atoms with Crippen molar-refractivity contribution in [2.24, 2.45) is 5.92 Å². The molecule has 0 spiro atoms. The Labute approximate surface area is 118 Å². The van der Waals surface area contributed by atoms with E-state index in [9.17, 15) is 0 Å². The van der Waals surface area contributed by atoms with Crippen molar-refractivity contribution < 1.29 is 0 Å². The molecule has 0 bridgehead atoms. The first-order valence-corrected chi connectivity index (χ1v) is 7.77. The molecule has 0 atom stereocenters. The second kappa shape index (κ2) is 5.12. The fraction of sp³-hybridized carbons (Fsp3) is 0.714. The fourth-order valence-electron chi connectivity index (χ4n) is 3.28. The van der Waals surface area contributed by atoms with Crippen LogP contribution in [0.1, 0.15) is 44.7 Å². The van der Waals surface area contributed by atoms with Crippen LogP contribution in [0, 0.1) is 17.6 Å². The summed E-state index contributed by atoms with van der Waals surface area (Å²) < 4.78 is 5.19. The molecule has 19 heavy (non-hydrogen) atoms. The van der Waals surface area contributed by atoms with E-state index < -0.39 is 0 Å². The third-order valence-corrected chi connectivity index (χ3v) is 4.62. The minimum Gasteiger partial charge on any atom is -0.328 e. The third-order valence-electron chi connectivity index (χ3n) is 4.30. The highest BCUT2D eigenvalue weighted by molar-refractivity contribution is 7.71. The van der Waals surface area contributed by atoms with Gasteiger partial charge < -0.3 is 9.55 Å². The van der Waals surface area contributed by atoms with Gasteiger partial charge in [0.05, 0.1) is 5.69 Å². The van der Waals surface area contributed by atoms with Crippen LogP contribution in [-0.4, -0.2) is 19.3 Å². The van der Waals surface area contributed by atoms with E-state index in [1.54, 1.807) is 0 Å². The number of hydrogen-bond donors (Lipinski definition) is 1. The maximum Gasteiger partial charge on any atom is 0.179 e. The quantitative estimate of drug-likeness (QED) is 0.867. The van der Waals surface area contributed by atoms with Crippen molar-refractivity contribution in [1.29, 1.82) is 0 Å². The smallest absolute Gasteiger partial charge is 0.179 e. The van der Waals surface area contributed by atoms with E-state index in [1.165, 1.54) is 37.8 Å². The molecule has 4 nitrogen and oxygen atoms in total. The molecule has 1 aliphatic rings. The number of imidazole rings is 1. The van der Waals surface area contributed by atoms with E-state index in [0.717, 1.165) is 35.0 Å². The first kappa shape index (κ1) is 12.9. The molecule has 0 aliphatic heterocycles. The Morgan fingerprint density at radius 1 is 1.32 bits per heavy atom. The second-order valence-electron chi connectivity index (χ2n) is 5.64. The maximum absolute atomic E-state index is 5.51. The SMILES string of the molecule is CCn1nc(C)c2[nH]c(=S)n(CC3CCCCC3)c21. The summed E-state index contributed by atoms with van der Waals surface area (Å²) in [4.78, 5) is 3.33. The molecular formula is C14H22N4S. The van der Waals surface area contributed by atoms with Crippen LogP contribution in [0.5, 0.6) is 0 Å². The van der Waals surface area contributed by atoms with E-state index in [4.69, 9.17) is 12.2 Å². The van der Waals surface area contributed by atoms with Gasteiger partial charge in [-0.15, -0.1) is 0 Å². The summed E-state index contributed by atoms with van der Waals surface area (Å²) in [6.07, 6.45) is 6.83. The minimum atomic E-state index is 0.778. The first-order chi connectivity index (χ1) is 9.20. The summed E-state index contributed by atoms with van der Waals surface area (Å²) in [6, 6.07) is 0. The van der Waals surface area contributed by atoms with Crippen molar-refractivity contribution in [2.45, 2.75) is 59.0 Å². The highest BCUT2D eigenvalue weighted by atomic mass is 32.1. The van der Waals surface area contributed by atoms with Crippen molar-refractivity contribution in [1.82, 2.24) is 19.3 Å². The van der Waals surface area contributed by atoms with Crippen molar-refractivity contribution >= 4 is 23.4 Å². The van der Waals surface area contributed by atoms with Gasteiger partial charge in [0.1, 0.15) is 5.52 Å². The standard InChI is InChI=1S/C14H22N4S/c1-3-18-13-12(10(2)16-18)15-14(19)17(13)9-11-7-5-4-6-8-11/h11H,3-9H2,1-2H3,(H,15,19). The molecule has 0 aromatic carbocycles. The molecule has 1 aliphatic carbocycles. The van der Waals surface area contributed by atoms with E-state index >= 15 is 0 Å². The number of hydrogen-bond acceptors (Lipinski definition) is 2. The van der Waals surface area contributed by atoms with Crippen LogP contribution >= 0.6 is 12.2 Å². The van der Waals surface area contributed by atoms with Gasteiger partial charge in [-0.2, -0.15) is 5.10 Å². The van der Waals surface area contributed by atoms with E-state index in [1.807, 2.05) is 6.92 Å². The van der Waals surface area contributed by atoms with Gasteiger partial charge in [-0.3, -0.25) is 0 Å². The van der Waals surface area contributed by atoms with Crippen molar-refractivity contribution in [2.75, 3.05) is 0 Å². The number of rotatable bonds is 3. The van der Waals surface area contributed by atoms with Crippen molar-refractivity contribution in [3.8, 4) is 0 Å². The topological polar surface area (TPSA) is 38.5 Å². The predicted molar refractivity (Wildman–Crippen MR) is 79.9 cm³/mol. The highest BCUT2D eigenvalue weighted by Crippen LogP contribution is 2.27.